The van der Waals surface area contributed by atoms with Crippen LogP contribution >= 0.6 is 0 Å². The fourth-order valence-corrected chi connectivity index (χ4v) is 5.89. The molecule has 0 spiro atoms. The summed E-state index contributed by atoms with van der Waals surface area (Å²) in [6.45, 7) is 7.86. The van der Waals surface area contributed by atoms with Crippen molar-refractivity contribution in [2.75, 3.05) is 26.4 Å². The van der Waals surface area contributed by atoms with Crippen LogP contribution in [0.15, 0.2) is 127 Å². The second kappa shape index (κ2) is 21.5. The molecular weight excluding hydrogens is 680 g/mol. The van der Waals surface area contributed by atoms with Crippen molar-refractivity contribution in [3.63, 3.8) is 0 Å². The van der Waals surface area contributed by atoms with E-state index in [9.17, 15) is 19.8 Å². The van der Waals surface area contributed by atoms with Gasteiger partial charge in [0.1, 0.15) is 0 Å². The lowest BCUT2D eigenvalue weighted by atomic mass is 9.96. The van der Waals surface area contributed by atoms with Gasteiger partial charge in [-0.1, -0.05) is 103 Å². The average Bonchev–Trinajstić information content (AvgIpc) is 3.20. The molecule has 4 aromatic rings. The van der Waals surface area contributed by atoms with Crippen LogP contribution in [-0.4, -0.2) is 71.0 Å². The van der Waals surface area contributed by atoms with Gasteiger partial charge in [-0.2, -0.15) is 0 Å². The molecular formula is C46H52O8. The third-order valence-electron chi connectivity index (χ3n) is 9.04. The van der Waals surface area contributed by atoms with Crippen molar-refractivity contribution in [3.8, 4) is 33.4 Å². The molecule has 0 aliphatic carbocycles. The summed E-state index contributed by atoms with van der Waals surface area (Å²) in [4.78, 5) is 25.0. The summed E-state index contributed by atoms with van der Waals surface area (Å²) in [6.07, 6.45) is 5.78. The zero-order valence-electron chi connectivity index (χ0n) is 31.2. The number of ether oxygens (including phenoxy) is 2. The molecule has 0 aromatic heterocycles. The largest absolute Gasteiger partial charge is 0.462 e. The van der Waals surface area contributed by atoms with Crippen LogP contribution in [0.3, 0.4) is 0 Å². The van der Waals surface area contributed by atoms with Crippen molar-refractivity contribution in [1.82, 2.24) is 0 Å². The number of rotatable bonds is 20. The summed E-state index contributed by atoms with van der Waals surface area (Å²) in [5.41, 5.74) is 9.90. The van der Waals surface area contributed by atoms with E-state index in [-0.39, 0.29) is 38.4 Å². The molecule has 0 aliphatic heterocycles. The van der Waals surface area contributed by atoms with Gasteiger partial charge >= 0.3 is 11.9 Å². The lowest BCUT2D eigenvalue weighted by Gasteiger charge is -2.09. The third kappa shape index (κ3) is 13.1. The Morgan fingerprint density at radius 2 is 1.07 bits per heavy atom. The quantitative estimate of drug-likeness (QED) is 0.0309. The van der Waals surface area contributed by atoms with Crippen molar-refractivity contribution in [3.05, 3.63) is 138 Å². The Kier molecular flexibility index (Phi) is 16.6. The Bertz CT molecular complexity index is 1870. The molecule has 0 saturated carbocycles. The van der Waals surface area contributed by atoms with Crippen LogP contribution < -0.4 is 0 Å². The van der Waals surface area contributed by atoms with Crippen LogP contribution in [0.25, 0.3) is 39.0 Å². The monoisotopic (exact) mass is 732 g/mol. The van der Waals surface area contributed by atoms with E-state index in [1.165, 1.54) is 0 Å². The lowest BCUT2D eigenvalue weighted by Crippen LogP contribution is -2.12. The van der Waals surface area contributed by atoms with Crippen LogP contribution in [0.2, 0.25) is 0 Å². The molecule has 4 N–H and O–H groups in total. The number of aliphatic hydroxyl groups is 4. The van der Waals surface area contributed by atoms with Crippen LogP contribution in [0.5, 0.6) is 0 Å². The molecule has 54 heavy (non-hydrogen) atoms. The predicted molar refractivity (Wildman–Crippen MR) is 214 cm³/mol. The molecule has 2 atom stereocenters. The summed E-state index contributed by atoms with van der Waals surface area (Å²) in [5.74, 6) is -0.766. The van der Waals surface area contributed by atoms with Gasteiger partial charge in [-0.25, -0.2) is 9.59 Å². The number of esters is 2. The summed E-state index contributed by atoms with van der Waals surface area (Å²) in [6, 6.07) is 32.2. The minimum absolute atomic E-state index is 0.261. The molecule has 4 aromatic carbocycles. The standard InChI is InChI=1S/C46H52O8/c1-32(28-34(3)45(51)53-25-6-4-11-43(49)30-47)27-33(2)35-13-15-36(16-14-35)37-17-19-38(20-18-37)39-21-23-40(24-22-39)41-9-8-10-42(29-41)46(52)54-26-7-5-12-44(50)31-48/h8-10,13-24,27-29,43-44,47-50H,2,4-7,11-12,25-26,30-31H2,1,3H3/b32-27-,34-28+. The SMILES string of the molecule is C=C(/C=C(C)\C=C(/C)C(=O)OCCCCC(O)CO)c1ccc(-c2ccc(-c3ccc(-c4cccc(C(=O)OCCCCC(O)CO)c4)cc3)cc2)cc1. The van der Waals surface area contributed by atoms with Gasteiger partial charge in [-0.3, -0.25) is 0 Å². The minimum Gasteiger partial charge on any atom is -0.462 e. The van der Waals surface area contributed by atoms with Gasteiger partial charge in [-0.15, -0.1) is 0 Å². The van der Waals surface area contributed by atoms with Crippen LogP contribution in [-0.2, 0) is 14.3 Å². The molecule has 0 fully saturated rings. The van der Waals surface area contributed by atoms with Gasteiger partial charge in [0.05, 0.1) is 44.2 Å². The third-order valence-corrected chi connectivity index (χ3v) is 9.04. The topological polar surface area (TPSA) is 134 Å². The van der Waals surface area contributed by atoms with Gasteiger partial charge in [0.15, 0.2) is 0 Å². The van der Waals surface area contributed by atoms with Crippen molar-refractivity contribution in [2.45, 2.75) is 64.6 Å². The van der Waals surface area contributed by atoms with Gasteiger partial charge < -0.3 is 29.9 Å². The smallest absolute Gasteiger partial charge is 0.338 e. The average molecular weight is 733 g/mol. The second-order valence-electron chi connectivity index (χ2n) is 13.5. The molecule has 8 heteroatoms. The maximum atomic E-state index is 12.6. The van der Waals surface area contributed by atoms with Crippen molar-refractivity contribution >= 4 is 17.5 Å². The zero-order chi connectivity index (χ0) is 38.9. The highest BCUT2D eigenvalue weighted by atomic mass is 16.5. The van der Waals surface area contributed by atoms with Crippen molar-refractivity contribution in [2.24, 2.45) is 0 Å². The molecule has 8 nitrogen and oxygen atoms in total. The number of hydrogen-bond acceptors (Lipinski definition) is 8. The molecule has 0 amide bonds. The zero-order valence-corrected chi connectivity index (χ0v) is 31.2. The Morgan fingerprint density at radius 1 is 0.611 bits per heavy atom. The first-order valence-corrected chi connectivity index (χ1v) is 18.5. The highest BCUT2D eigenvalue weighted by Gasteiger charge is 2.11. The molecule has 0 radical (unpaired) electrons. The molecule has 0 aliphatic rings. The molecule has 4 rings (SSSR count). The van der Waals surface area contributed by atoms with Gasteiger partial charge in [0.2, 0.25) is 0 Å². The number of carbonyl (C=O) groups is 2. The Labute approximate surface area is 318 Å². The van der Waals surface area contributed by atoms with Gasteiger partial charge in [0, 0.05) is 5.57 Å². The minimum atomic E-state index is -0.732. The Balaban J connectivity index is 1.30. The van der Waals surface area contributed by atoms with Gasteiger partial charge in [0.25, 0.3) is 0 Å². The van der Waals surface area contributed by atoms with Gasteiger partial charge in [-0.05, 0) is 115 Å². The highest BCUT2D eigenvalue weighted by Crippen LogP contribution is 2.29. The first-order valence-electron chi connectivity index (χ1n) is 18.5. The van der Waals surface area contributed by atoms with Crippen LogP contribution in [0, 0.1) is 0 Å². The van der Waals surface area contributed by atoms with E-state index in [4.69, 9.17) is 19.7 Å². The molecule has 284 valence electrons. The number of unbranched alkanes of at least 4 members (excludes halogenated alkanes) is 2. The first-order chi connectivity index (χ1) is 26.1. The predicted octanol–water partition coefficient (Wildman–Crippen LogP) is 8.34. The van der Waals surface area contributed by atoms with Crippen LogP contribution in [0.1, 0.15) is 68.3 Å². The van der Waals surface area contributed by atoms with E-state index in [0.717, 1.165) is 50.1 Å². The molecule has 0 saturated heterocycles. The van der Waals surface area contributed by atoms with E-state index < -0.39 is 12.2 Å². The molecule has 0 heterocycles. The summed E-state index contributed by atoms with van der Waals surface area (Å²) >= 11 is 0. The van der Waals surface area contributed by atoms with Crippen molar-refractivity contribution in [1.29, 1.82) is 0 Å². The van der Waals surface area contributed by atoms with E-state index in [0.29, 0.717) is 49.7 Å². The maximum absolute atomic E-state index is 12.6. The normalized spacial score (nSPS) is 12.9. The first kappa shape index (κ1) is 41.6. The van der Waals surface area contributed by atoms with E-state index in [1.807, 2.05) is 55.5 Å². The Morgan fingerprint density at radius 3 is 1.57 bits per heavy atom. The summed E-state index contributed by atoms with van der Waals surface area (Å²) in [7, 11) is 0. The second-order valence-corrected chi connectivity index (χ2v) is 13.5. The van der Waals surface area contributed by atoms with Crippen molar-refractivity contribution < 1.29 is 39.5 Å². The maximum Gasteiger partial charge on any atom is 0.338 e. The fraction of sp³-hybridized carbons (Fsp3) is 0.304. The van der Waals surface area contributed by atoms with E-state index >= 15 is 0 Å². The highest BCUT2D eigenvalue weighted by molar-refractivity contribution is 5.91. The fourth-order valence-electron chi connectivity index (χ4n) is 5.89. The summed E-state index contributed by atoms with van der Waals surface area (Å²) < 4.78 is 10.7. The van der Waals surface area contributed by atoms with Crippen LogP contribution in [0.4, 0.5) is 0 Å². The molecule has 2 unspecified atom stereocenters. The number of benzene rings is 4. The summed E-state index contributed by atoms with van der Waals surface area (Å²) in [5, 5.41) is 36.6. The lowest BCUT2D eigenvalue weighted by molar-refractivity contribution is -0.139. The molecule has 0 bridgehead atoms. The Hall–Kier alpha value is -5.12. The van der Waals surface area contributed by atoms with E-state index in [1.54, 1.807) is 19.1 Å². The number of allylic oxidation sites excluding steroid dienone is 4. The number of hydrogen-bond donors (Lipinski definition) is 4. The van der Waals surface area contributed by atoms with E-state index in [2.05, 4.69) is 55.1 Å². The number of carbonyl (C=O) groups excluding carboxylic acids is 2. The number of aliphatic hydroxyl groups excluding tert-OH is 4.